The monoisotopic (exact) mass is 362 g/mol. The zero-order valence-electron chi connectivity index (χ0n) is 14.9. The SMILES string of the molecule is C=C(C)C(=O)OCCCO[Si]C(O[Si](C)(C)C)O[Si](C)(C)C. The van der Waals surface area contributed by atoms with E-state index in [0.717, 1.165) is 0 Å². The topological polar surface area (TPSA) is 54.0 Å². The average Bonchev–Trinajstić information content (AvgIpc) is 2.28. The average molecular weight is 363 g/mol. The summed E-state index contributed by atoms with van der Waals surface area (Å²) < 4.78 is 22.7. The van der Waals surface area contributed by atoms with Gasteiger partial charge in [0, 0.05) is 18.6 Å². The number of carbonyl (C=O) groups excluding carboxylic acids is 1. The fourth-order valence-electron chi connectivity index (χ4n) is 1.26. The summed E-state index contributed by atoms with van der Waals surface area (Å²) in [6, 6.07) is 0. The summed E-state index contributed by atoms with van der Waals surface area (Å²) in [4.78, 5) is 11.2. The van der Waals surface area contributed by atoms with Crippen LogP contribution in [0.4, 0.5) is 0 Å². The molecule has 8 heteroatoms. The summed E-state index contributed by atoms with van der Waals surface area (Å²) in [7, 11) is -3.22. The third kappa shape index (κ3) is 13.4. The highest BCUT2D eigenvalue weighted by Crippen LogP contribution is 2.13. The van der Waals surface area contributed by atoms with Gasteiger partial charge in [0.1, 0.15) is 5.91 Å². The van der Waals surface area contributed by atoms with Crippen molar-refractivity contribution in [2.24, 2.45) is 0 Å². The van der Waals surface area contributed by atoms with Crippen LogP contribution in [0.2, 0.25) is 39.3 Å². The van der Waals surface area contributed by atoms with Gasteiger partial charge in [-0.2, -0.15) is 0 Å². The van der Waals surface area contributed by atoms with E-state index >= 15 is 0 Å². The van der Waals surface area contributed by atoms with Gasteiger partial charge in [0.25, 0.3) is 9.76 Å². The molecule has 0 rings (SSSR count). The predicted molar refractivity (Wildman–Crippen MR) is 94.7 cm³/mol. The van der Waals surface area contributed by atoms with Gasteiger partial charge in [-0.3, -0.25) is 0 Å². The molecule has 0 unspecified atom stereocenters. The van der Waals surface area contributed by atoms with Crippen molar-refractivity contribution in [2.45, 2.75) is 58.5 Å². The zero-order chi connectivity index (χ0) is 17.4. The molecule has 2 radical (unpaired) electrons. The summed E-state index contributed by atoms with van der Waals surface area (Å²) in [5.74, 6) is -0.638. The van der Waals surface area contributed by atoms with Crippen LogP contribution in [0.1, 0.15) is 13.3 Å². The number of ether oxygens (including phenoxy) is 1. The van der Waals surface area contributed by atoms with E-state index < -0.39 is 16.6 Å². The summed E-state index contributed by atoms with van der Waals surface area (Å²) in [5, 5.41) is 0. The highest BCUT2D eigenvalue weighted by atomic mass is 28.4. The van der Waals surface area contributed by atoms with E-state index in [0.29, 0.717) is 25.2 Å². The Morgan fingerprint density at radius 2 is 1.55 bits per heavy atom. The molecule has 0 aliphatic carbocycles. The Bertz CT molecular complexity index is 344. The third-order valence-corrected chi connectivity index (χ3v) is 5.19. The summed E-state index contributed by atoms with van der Waals surface area (Å²) in [6.07, 6.45) is 0.651. The minimum atomic E-state index is -1.68. The minimum absolute atomic E-state index is 0.139. The van der Waals surface area contributed by atoms with Crippen LogP contribution in [0.3, 0.4) is 0 Å². The molecule has 22 heavy (non-hydrogen) atoms. The van der Waals surface area contributed by atoms with Gasteiger partial charge in [-0.25, -0.2) is 4.79 Å². The molecule has 0 aromatic carbocycles. The molecule has 5 nitrogen and oxygen atoms in total. The summed E-state index contributed by atoms with van der Waals surface area (Å²) >= 11 is 0. The Morgan fingerprint density at radius 1 is 1.05 bits per heavy atom. The first-order valence-corrected chi connectivity index (χ1v) is 15.3. The van der Waals surface area contributed by atoms with Crippen LogP contribution in [0.15, 0.2) is 12.2 Å². The molecule has 0 atom stereocenters. The molecule has 0 saturated heterocycles. The van der Waals surface area contributed by atoms with Crippen molar-refractivity contribution >= 4 is 32.4 Å². The highest BCUT2D eigenvalue weighted by molar-refractivity contribution is 6.71. The van der Waals surface area contributed by atoms with E-state index in [-0.39, 0.29) is 21.6 Å². The van der Waals surface area contributed by atoms with Crippen molar-refractivity contribution in [1.29, 1.82) is 0 Å². The Kier molecular flexibility index (Phi) is 9.67. The normalized spacial score (nSPS) is 12.5. The fourth-order valence-corrected chi connectivity index (χ4v) is 5.64. The highest BCUT2D eigenvalue weighted by Gasteiger charge is 2.28. The molecule has 0 aliphatic heterocycles. The van der Waals surface area contributed by atoms with Crippen LogP contribution in [0.25, 0.3) is 0 Å². The molecule has 0 aliphatic rings. The van der Waals surface area contributed by atoms with Gasteiger partial charge in [0.2, 0.25) is 0 Å². The molecule has 0 aromatic heterocycles. The Balaban J connectivity index is 4.03. The molecule has 128 valence electrons. The first-order valence-electron chi connectivity index (χ1n) is 7.46. The number of hydrogen-bond donors (Lipinski definition) is 0. The van der Waals surface area contributed by atoms with Crippen LogP contribution < -0.4 is 0 Å². The fraction of sp³-hybridized carbons (Fsp3) is 0.786. The Hall–Kier alpha value is -0.259. The second-order valence-electron chi connectivity index (χ2n) is 7.03. The van der Waals surface area contributed by atoms with Gasteiger partial charge in [0.15, 0.2) is 16.6 Å². The van der Waals surface area contributed by atoms with Gasteiger partial charge in [-0.05, 0) is 46.2 Å². The van der Waals surface area contributed by atoms with Gasteiger partial charge in [-0.1, -0.05) is 6.58 Å². The van der Waals surface area contributed by atoms with Crippen LogP contribution in [0.5, 0.6) is 0 Å². The lowest BCUT2D eigenvalue weighted by Gasteiger charge is -2.30. The lowest BCUT2D eigenvalue weighted by Crippen LogP contribution is -2.43. The quantitative estimate of drug-likeness (QED) is 0.186. The lowest BCUT2D eigenvalue weighted by atomic mass is 10.4. The second kappa shape index (κ2) is 9.78. The van der Waals surface area contributed by atoms with Crippen LogP contribution >= 0.6 is 0 Å². The first kappa shape index (κ1) is 21.7. The van der Waals surface area contributed by atoms with Crippen molar-refractivity contribution in [3.05, 3.63) is 12.2 Å². The molecular formula is C14H30O5Si3. The third-order valence-electron chi connectivity index (χ3n) is 2.07. The summed E-state index contributed by atoms with van der Waals surface area (Å²) in [6.45, 7) is 18.8. The van der Waals surface area contributed by atoms with Crippen LogP contribution in [-0.4, -0.2) is 51.5 Å². The molecular weight excluding hydrogens is 332 g/mol. The lowest BCUT2D eigenvalue weighted by molar-refractivity contribution is -0.139. The first-order chi connectivity index (χ1) is 9.91. The standard InChI is InChI=1S/C14H30O5Si3/c1-12(2)13(15)16-10-9-11-17-20-14(18-21(3,4)5)19-22(6,7)8/h14H,1,9-11H2,2-8H3. The van der Waals surface area contributed by atoms with Gasteiger partial charge in [-0.15, -0.1) is 0 Å². The van der Waals surface area contributed by atoms with Crippen molar-refractivity contribution < 1.29 is 22.8 Å². The van der Waals surface area contributed by atoms with E-state index in [1.807, 2.05) is 0 Å². The maximum Gasteiger partial charge on any atom is 0.333 e. The van der Waals surface area contributed by atoms with Crippen LogP contribution in [0, 0.1) is 0 Å². The molecule has 0 amide bonds. The molecule has 0 heterocycles. The molecule has 0 bridgehead atoms. The largest absolute Gasteiger partial charge is 0.462 e. The minimum Gasteiger partial charge on any atom is -0.462 e. The van der Waals surface area contributed by atoms with Gasteiger partial charge in [0.05, 0.1) is 6.61 Å². The molecule has 0 N–H and O–H groups in total. The molecule has 0 fully saturated rings. The molecule has 0 saturated carbocycles. The molecule has 0 spiro atoms. The van der Waals surface area contributed by atoms with Crippen molar-refractivity contribution in [3.63, 3.8) is 0 Å². The summed E-state index contributed by atoms with van der Waals surface area (Å²) in [5.41, 5.74) is 0.412. The van der Waals surface area contributed by atoms with E-state index in [1.54, 1.807) is 6.92 Å². The van der Waals surface area contributed by atoms with E-state index in [9.17, 15) is 4.79 Å². The zero-order valence-corrected chi connectivity index (χ0v) is 17.9. The van der Waals surface area contributed by atoms with Crippen molar-refractivity contribution in [1.82, 2.24) is 0 Å². The number of rotatable bonds is 11. The molecule has 0 aromatic rings. The smallest absolute Gasteiger partial charge is 0.333 e. The van der Waals surface area contributed by atoms with E-state index in [2.05, 4.69) is 45.9 Å². The Labute approximate surface area is 139 Å². The Morgan fingerprint density at radius 3 is 1.95 bits per heavy atom. The maximum atomic E-state index is 11.2. The number of hydrogen-bond acceptors (Lipinski definition) is 5. The van der Waals surface area contributed by atoms with Crippen molar-refractivity contribution in [2.75, 3.05) is 13.2 Å². The number of esters is 1. The predicted octanol–water partition coefficient (Wildman–Crippen LogP) is 3.12. The van der Waals surface area contributed by atoms with Crippen LogP contribution in [-0.2, 0) is 22.8 Å². The second-order valence-corrected chi connectivity index (χ2v) is 16.9. The van der Waals surface area contributed by atoms with Crippen molar-refractivity contribution in [3.8, 4) is 0 Å². The number of carbonyl (C=O) groups is 1. The van der Waals surface area contributed by atoms with E-state index in [1.165, 1.54) is 0 Å². The van der Waals surface area contributed by atoms with E-state index in [4.69, 9.17) is 18.0 Å². The van der Waals surface area contributed by atoms with Gasteiger partial charge >= 0.3 is 5.97 Å². The maximum absolute atomic E-state index is 11.2. The van der Waals surface area contributed by atoms with Gasteiger partial charge < -0.3 is 18.0 Å².